The van der Waals surface area contributed by atoms with Gasteiger partial charge in [-0.05, 0) is 102 Å². The SMILES string of the molecule is C1=CCC(C2(c3ccccc3)c3cc(C4=C5C=CC=CC5C(C5=CCC6C=CC=CC6=C5)C=C4)ccc3-c3c2c2ccccc2c2ccccc32)C=C1. The second kappa shape index (κ2) is 12.0. The van der Waals surface area contributed by atoms with Crippen LogP contribution in [0.5, 0.6) is 0 Å². The van der Waals surface area contributed by atoms with E-state index in [1.807, 2.05) is 0 Å². The van der Waals surface area contributed by atoms with E-state index in [4.69, 9.17) is 0 Å². The van der Waals surface area contributed by atoms with Crippen LogP contribution in [0.2, 0.25) is 0 Å². The maximum absolute atomic E-state index is 2.58. The molecule has 0 fully saturated rings. The van der Waals surface area contributed by atoms with Crippen LogP contribution in [0.25, 0.3) is 38.2 Å². The van der Waals surface area contributed by atoms with Crippen molar-refractivity contribution < 1.29 is 0 Å². The zero-order valence-corrected chi connectivity index (χ0v) is 29.7. The molecule has 0 amide bonds. The molecule has 5 aromatic rings. The van der Waals surface area contributed by atoms with Crippen molar-refractivity contribution in [2.75, 3.05) is 0 Å². The maximum Gasteiger partial charge on any atom is 0.0535 e. The fourth-order valence-electron chi connectivity index (χ4n) is 10.6. The molecular weight excluding hydrogens is 637 g/mol. The third-order valence-electron chi connectivity index (χ3n) is 12.8. The second-order valence-electron chi connectivity index (χ2n) is 15.4. The highest BCUT2D eigenvalue weighted by atomic mass is 14.5. The number of fused-ring (bicyclic) bond motifs is 10. The summed E-state index contributed by atoms with van der Waals surface area (Å²) in [6.45, 7) is 0. The molecule has 0 saturated carbocycles. The maximum atomic E-state index is 2.58. The molecule has 0 heterocycles. The monoisotopic (exact) mass is 676 g/mol. The van der Waals surface area contributed by atoms with Crippen LogP contribution in [0.3, 0.4) is 0 Å². The van der Waals surface area contributed by atoms with E-state index in [1.54, 1.807) is 0 Å². The van der Waals surface area contributed by atoms with Crippen LogP contribution < -0.4 is 0 Å². The molecule has 0 N–H and O–H groups in total. The van der Waals surface area contributed by atoms with Crippen LogP contribution in [0.4, 0.5) is 0 Å². The highest BCUT2D eigenvalue weighted by Gasteiger charge is 2.51. The van der Waals surface area contributed by atoms with Crippen LogP contribution in [0.15, 0.2) is 211 Å². The number of allylic oxidation sites excluding steroid dienone is 20. The number of hydrogen-bond donors (Lipinski definition) is 0. The summed E-state index contributed by atoms with van der Waals surface area (Å²) in [5.74, 6) is 1.38. The fraction of sp³-hybridized carbons (Fsp3) is 0.132. The first-order valence-corrected chi connectivity index (χ1v) is 19.3. The Morgan fingerprint density at radius 1 is 0.547 bits per heavy atom. The Balaban J connectivity index is 1.15. The zero-order valence-electron chi connectivity index (χ0n) is 29.7. The summed E-state index contributed by atoms with van der Waals surface area (Å²) in [7, 11) is 0. The van der Waals surface area contributed by atoms with Crippen molar-refractivity contribution >= 4 is 27.1 Å². The first-order chi connectivity index (χ1) is 26.3. The summed E-state index contributed by atoms with van der Waals surface area (Å²) in [6, 6.07) is 37.1. The van der Waals surface area contributed by atoms with Crippen LogP contribution in [-0.4, -0.2) is 0 Å². The Hall–Kier alpha value is -5.98. The van der Waals surface area contributed by atoms with Crippen molar-refractivity contribution in [1.29, 1.82) is 0 Å². The molecule has 0 aromatic heterocycles. The lowest BCUT2D eigenvalue weighted by atomic mass is 9.61. The van der Waals surface area contributed by atoms with Gasteiger partial charge in [0.2, 0.25) is 0 Å². The van der Waals surface area contributed by atoms with Crippen LogP contribution in [-0.2, 0) is 5.41 Å². The van der Waals surface area contributed by atoms with E-state index in [9.17, 15) is 0 Å². The van der Waals surface area contributed by atoms with E-state index < -0.39 is 0 Å². The smallest absolute Gasteiger partial charge is 0.0535 e. The lowest BCUT2D eigenvalue weighted by Gasteiger charge is -2.40. The van der Waals surface area contributed by atoms with Gasteiger partial charge in [0.15, 0.2) is 0 Å². The van der Waals surface area contributed by atoms with Crippen molar-refractivity contribution in [3.63, 3.8) is 0 Å². The molecule has 6 aliphatic carbocycles. The quantitative estimate of drug-likeness (QED) is 0.166. The molecule has 252 valence electrons. The predicted molar refractivity (Wildman–Crippen MR) is 223 cm³/mol. The molecule has 53 heavy (non-hydrogen) atoms. The van der Waals surface area contributed by atoms with Crippen molar-refractivity contribution in [3.8, 4) is 11.1 Å². The van der Waals surface area contributed by atoms with Gasteiger partial charge in [-0.1, -0.05) is 188 Å². The summed E-state index contributed by atoms with van der Waals surface area (Å²) in [5, 5.41) is 5.35. The van der Waals surface area contributed by atoms with E-state index >= 15 is 0 Å². The predicted octanol–water partition coefficient (Wildman–Crippen LogP) is 13.1. The largest absolute Gasteiger partial charge is 0.0839 e. The molecule has 0 spiro atoms. The van der Waals surface area contributed by atoms with E-state index in [0.717, 1.165) is 12.8 Å². The standard InChI is InChI=1S/C53H40/c1-3-17-39(18-4-1)53(40-19-5-2-6-20-40)50-34-38(29-30-49(50)51-47-25-13-11-23-45(47)46-24-12-14-26-48(46)52(51)53)42-32-31-41(43-21-9-10-22-44(42)43)37-28-27-35-15-7-8-16-36(35)33-37/h1-19,21-26,28-35,40-41,43H,20,27H2. The summed E-state index contributed by atoms with van der Waals surface area (Å²) in [5.41, 5.74) is 13.5. The first-order valence-electron chi connectivity index (χ1n) is 19.3. The third-order valence-corrected chi connectivity index (χ3v) is 12.8. The minimum Gasteiger partial charge on any atom is -0.0839 e. The first kappa shape index (κ1) is 30.6. The van der Waals surface area contributed by atoms with Crippen LogP contribution in [0.1, 0.15) is 35.1 Å². The summed E-state index contributed by atoms with van der Waals surface area (Å²) in [6.07, 6.45) is 39.6. The van der Waals surface area contributed by atoms with Crippen molar-refractivity contribution in [2.24, 2.45) is 23.7 Å². The van der Waals surface area contributed by atoms with Gasteiger partial charge in [-0.3, -0.25) is 0 Å². The normalized spacial score (nSPS) is 26.0. The molecule has 0 radical (unpaired) electrons. The Bertz CT molecular complexity index is 2680. The molecule has 5 atom stereocenters. The van der Waals surface area contributed by atoms with E-state index in [2.05, 4.69) is 194 Å². The molecule has 0 aliphatic heterocycles. The van der Waals surface area contributed by atoms with Crippen molar-refractivity contribution in [3.05, 3.63) is 233 Å². The van der Waals surface area contributed by atoms with Gasteiger partial charge < -0.3 is 0 Å². The van der Waals surface area contributed by atoms with Crippen LogP contribution in [0, 0.1) is 23.7 Å². The Morgan fingerprint density at radius 3 is 2.15 bits per heavy atom. The molecule has 11 rings (SSSR count). The van der Waals surface area contributed by atoms with Gasteiger partial charge in [-0.15, -0.1) is 0 Å². The Kier molecular flexibility index (Phi) is 6.96. The van der Waals surface area contributed by atoms with E-state index in [-0.39, 0.29) is 11.3 Å². The molecule has 6 aliphatic rings. The number of rotatable bonds is 4. The van der Waals surface area contributed by atoms with Crippen molar-refractivity contribution in [2.45, 2.75) is 18.3 Å². The van der Waals surface area contributed by atoms with Gasteiger partial charge in [-0.25, -0.2) is 0 Å². The lowest BCUT2D eigenvalue weighted by molar-refractivity contribution is 0.460. The molecule has 5 aromatic carbocycles. The minimum absolute atomic E-state index is 0.252. The van der Waals surface area contributed by atoms with Crippen LogP contribution >= 0.6 is 0 Å². The van der Waals surface area contributed by atoms with Gasteiger partial charge in [0.1, 0.15) is 0 Å². The third kappa shape index (κ3) is 4.48. The molecule has 0 bridgehead atoms. The van der Waals surface area contributed by atoms with Crippen molar-refractivity contribution in [1.82, 2.24) is 0 Å². The summed E-state index contributed by atoms with van der Waals surface area (Å²) >= 11 is 0. The fourth-order valence-corrected chi connectivity index (χ4v) is 10.6. The van der Waals surface area contributed by atoms with E-state index in [1.165, 1.54) is 77.2 Å². The summed E-state index contributed by atoms with van der Waals surface area (Å²) < 4.78 is 0. The molecule has 0 nitrogen and oxygen atoms in total. The number of hydrogen-bond acceptors (Lipinski definition) is 0. The van der Waals surface area contributed by atoms with E-state index in [0.29, 0.717) is 17.8 Å². The van der Waals surface area contributed by atoms with Gasteiger partial charge >= 0.3 is 0 Å². The second-order valence-corrected chi connectivity index (χ2v) is 15.4. The number of benzene rings is 5. The molecule has 0 heteroatoms. The lowest BCUT2D eigenvalue weighted by Crippen LogP contribution is -2.36. The Labute approximate surface area is 312 Å². The van der Waals surface area contributed by atoms with Gasteiger partial charge in [-0.2, -0.15) is 0 Å². The summed E-state index contributed by atoms with van der Waals surface area (Å²) in [4.78, 5) is 0. The highest BCUT2D eigenvalue weighted by molar-refractivity contribution is 6.18. The zero-order chi connectivity index (χ0) is 34.9. The van der Waals surface area contributed by atoms with Gasteiger partial charge in [0.05, 0.1) is 5.41 Å². The highest BCUT2D eigenvalue weighted by Crippen LogP contribution is 2.62. The van der Waals surface area contributed by atoms with Gasteiger partial charge in [0.25, 0.3) is 0 Å². The molecule has 0 saturated heterocycles. The van der Waals surface area contributed by atoms with Gasteiger partial charge in [0, 0.05) is 17.8 Å². The minimum atomic E-state index is -0.377. The molecular formula is C53H40. The average Bonchev–Trinajstić information content (AvgIpc) is 3.55. The topological polar surface area (TPSA) is 0 Å². The Morgan fingerprint density at radius 2 is 1.30 bits per heavy atom. The molecule has 5 unspecified atom stereocenters. The average molecular weight is 677 g/mol.